The quantitative estimate of drug-likeness (QED) is 0.568. The molecule has 32 heavy (non-hydrogen) atoms. The van der Waals surface area contributed by atoms with Crippen LogP contribution < -0.4 is 25.1 Å². The number of aromatic hydroxyl groups is 1. The molecule has 2 aromatic rings. The number of amides is 1. The fraction of sp³-hybridized carbons (Fsp3) is 0.435. The Bertz CT molecular complexity index is 959. The summed E-state index contributed by atoms with van der Waals surface area (Å²) in [6.45, 7) is 0.833. The Hall–Kier alpha value is -3.01. The van der Waals surface area contributed by atoms with Crippen LogP contribution in [0.4, 0.5) is 0 Å². The number of para-hydroxylation sites is 1. The highest BCUT2D eigenvalue weighted by Gasteiger charge is 2.55. The number of phenols is 1. The van der Waals surface area contributed by atoms with Gasteiger partial charge in [-0.1, -0.05) is 18.2 Å². The number of likely N-dealkylation sites (tertiary alicyclic amines) is 1. The molecule has 4 atom stereocenters. The Morgan fingerprint density at radius 2 is 1.62 bits per heavy atom. The fourth-order valence-corrected chi connectivity index (χ4v) is 4.83. The fourth-order valence-electron chi connectivity index (χ4n) is 4.83. The molecule has 0 radical (unpaired) electrons. The first kappa shape index (κ1) is 22.2. The van der Waals surface area contributed by atoms with Gasteiger partial charge in [0.1, 0.15) is 11.8 Å². The summed E-state index contributed by atoms with van der Waals surface area (Å²) >= 11 is 0. The Morgan fingerprint density at radius 3 is 2.22 bits per heavy atom. The molecule has 9 nitrogen and oxygen atoms in total. The normalized spacial score (nSPS) is 24.5. The molecule has 1 amide bonds. The molecule has 0 aromatic heterocycles. The average molecular weight is 444 g/mol. The number of nitrogens with one attached hydrogen (secondary N) is 2. The number of carbonyl (C=O) groups is 1. The first-order chi connectivity index (χ1) is 15.5. The van der Waals surface area contributed by atoms with Crippen LogP contribution in [0.3, 0.4) is 0 Å². The molecule has 4 unspecified atom stereocenters. The number of phenolic OH excluding ortho intramolecular Hbond substituents is 1. The lowest BCUT2D eigenvalue weighted by atomic mass is 9.83. The summed E-state index contributed by atoms with van der Waals surface area (Å²) in [5, 5.41) is 10.5. The Morgan fingerprint density at radius 1 is 0.969 bits per heavy atom. The van der Waals surface area contributed by atoms with Crippen LogP contribution in [0.15, 0.2) is 36.4 Å². The lowest BCUT2D eigenvalue weighted by Crippen LogP contribution is -2.42. The van der Waals surface area contributed by atoms with Crippen LogP contribution in [0, 0.1) is 5.92 Å². The smallest absolute Gasteiger partial charge is 0.242 e. The predicted octanol–water partition coefficient (Wildman–Crippen LogP) is 1.78. The van der Waals surface area contributed by atoms with E-state index < -0.39 is 6.04 Å². The lowest BCUT2D eigenvalue weighted by molar-refractivity contribution is -0.131. The minimum absolute atomic E-state index is 0.0313. The molecule has 172 valence electrons. The third-order valence-electron chi connectivity index (χ3n) is 6.25. The van der Waals surface area contributed by atoms with Crippen molar-refractivity contribution in [3.05, 3.63) is 47.5 Å². The van der Waals surface area contributed by atoms with E-state index in [1.165, 1.54) is 0 Å². The number of nitrogens with zero attached hydrogens (tertiary/aromatic N) is 1. The summed E-state index contributed by atoms with van der Waals surface area (Å²) in [7, 11) is 6.30. The first-order valence-electron chi connectivity index (χ1n) is 10.4. The summed E-state index contributed by atoms with van der Waals surface area (Å²) in [6, 6.07) is 9.86. The zero-order valence-corrected chi connectivity index (χ0v) is 18.6. The summed E-state index contributed by atoms with van der Waals surface area (Å²) in [5.41, 5.74) is 7.95. The van der Waals surface area contributed by atoms with Crippen LogP contribution in [-0.4, -0.2) is 63.5 Å². The number of fused-ring (bicyclic) bond motifs is 1. The molecule has 2 saturated heterocycles. The summed E-state index contributed by atoms with van der Waals surface area (Å²) in [6.07, 6.45) is 0. The molecule has 2 aliphatic rings. The summed E-state index contributed by atoms with van der Waals surface area (Å²) < 4.78 is 21.9. The number of carbonyl (C=O) groups excluding carboxylic acids is 1. The molecule has 0 spiro atoms. The van der Waals surface area contributed by atoms with Crippen LogP contribution in [0.5, 0.6) is 23.0 Å². The first-order valence-corrected chi connectivity index (χ1v) is 10.4. The Labute approximate surface area is 187 Å². The molecule has 2 fully saturated rings. The van der Waals surface area contributed by atoms with Gasteiger partial charge in [-0.25, -0.2) is 10.9 Å². The number of hydrogen-bond acceptors (Lipinski definition) is 8. The van der Waals surface area contributed by atoms with Crippen molar-refractivity contribution in [1.29, 1.82) is 0 Å². The van der Waals surface area contributed by atoms with E-state index in [0.717, 1.165) is 11.1 Å². The zero-order chi connectivity index (χ0) is 22.8. The van der Waals surface area contributed by atoms with Gasteiger partial charge < -0.3 is 29.0 Å². The second-order valence-corrected chi connectivity index (χ2v) is 7.81. The van der Waals surface area contributed by atoms with E-state index in [0.29, 0.717) is 30.4 Å². The van der Waals surface area contributed by atoms with E-state index in [2.05, 4.69) is 10.9 Å². The molecule has 2 aromatic carbocycles. The topological polar surface area (TPSA) is 102 Å². The van der Waals surface area contributed by atoms with Crippen LogP contribution in [0.1, 0.15) is 23.2 Å². The van der Waals surface area contributed by atoms with Crippen molar-refractivity contribution in [2.45, 2.75) is 18.1 Å². The molecule has 0 bridgehead atoms. The number of rotatable bonds is 8. The third kappa shape index (κ3) is 3.62. The number of ether oxygens (including phenoxy) is 4. The maximum Gasteiger partial charge on any atom is 0.242 e. The standard InChI is InChI=1S/C23H29N3O6/c1-29-10-9-26-21(13-11-16(30-2)22(32-4)17(12-13)31-3)18-19(24-25-20(18)23(26)28)14-7-5-6-8-15(14)27/h5-8,11-12,18-21,24-25,27H,9-10H2,1-4H3. The number of methoxy groups -OCH3 is 4. The molecule has 0 aliphatic carbocycles. The lowest BCUT2D eigenvalue weighted by Gasteiger charge is -2.32. The van der Waals surface area contributed by atoms with E-state index >= 15 is 0 Å². The van der Waals surface area contributed by atoms with Crippen molar-refractivity contribution >= 4 is 5.91 Å². The molecular weight excluding hydrogens is 414 g/mol. The van der Waals surface area contributed by atoms with Gasteiger partial charge in [-0.05, 0) is 23.8 Å². The number of hydrazine groups is 1. The van der Waals surface area contributed by atoms with Crippen molar-refractivity contribution < 1.29 is 28.8 Å². The molecule has 9 heteroatoms. The number of benzene rings is 2. The van der Waals surface area contributed by atoms with Crippen molar-refractivity contribution in [2.75, 3.05) is 41.6 Å². The highest BCUT2D eigenvalue weighted by Crippen LogP contribution is 2.50. The van der Waals surface area contributed by atoms with Gasteiger partial charge in [0, 0.05) is 25.1 Å². The highest BCUT2D eigenvalue weighted by molar-refractivity contribution is 5.86. The van der Waals surface area contributed by atoms with Gasteiger partial charge in [0.05, 0.1) is 40.0 Å². The van der Waals surface area contributed by atoms with E-state index in [9.17, 15) is 9.90 Å². The van der Waals surface area contributed by atoms with E-state index in [4.69, 9.17) is 18.9 Å². The van der Waals surface area contributed by atoms with E-state index in [1.807, 2.05) is 29.2 Å². The summed E-state index contributed by atoms with van der Waals surface area (Å²) in [4.78, 5) is 15.2. The molecule has 2 aliphatic heterocycles. The number of hydrogen-bond donors (Lipinski definition) is 3. The Kier molecular flexibility index (Phi) is 6.40. The second kappa shape index (κ2) is 9.23. The molecule has 2 heterocycles. The van der Waals surface area contributed by atoms with Gasteiger partial charge in [0.2, 0.25) is 11.7 Å². The van der Waals surface area contributed by atoms with Crippen molar-refractivity contribution in [3.8, 4) is 23.0 Å². The van der Waals surface area contributed by atoms with Crippen molar-refractivity contribution in [2.24, 2.45) is 5.92 Å². The monoisotopic (exact) mass is 443 g/mol. The highest BCUT2D eigenvalue weighted by atomic mass is 16.5. The molecular formula is C23H29N3O6. The minimum atomic E-state index is -0.458. The maximum atomic E-state index is 13.4. The van der Waals surface area contributed by atoms with Crippen molar-refractivity contribution in [1.82, 2.24) is 15.8 Å². The molecule has 3 N–H and O–H groups in total. The van der Waals surface area contributed by atoms with Gasteiger partial charge >= 0.3 is 0 Å². The largest absolute Gasteiger partial charge is 0.508 e. The Balaban J connectivity index is 1.84. The van der Waals surface area contributed by atoms with Crippen LogP contribution in [0.25, 0.3) is 0 Å². The van der Waals surface area contributed by atoms with Crippen LogP contribution in [0.2, 0.25) is 0 Å². The summed E-state index contributed by atoms with van der Waals surface area (Å²) in [5.74, 6) is 1.47. The minimum Gasteiger partial charge on any atom is -0.508 e. The van der Waals surface area contributed by atoms with Crippen LogP contribution in [-0.2, 0) is 9.53 Å². The van der Waals surface area contributed by atoms with E-state index in [-0.39, 0.29) is 29.7 Å². The maximum absolute atomic E-state index is 13.4. The molecule has 4 rings (SSSR count). The van der Waals surface area contributed by atoms with E-state index in [1.54, 1.807) is 40.6 Å². The van der Waals surface area contributed by atoms with Gasteiger partial charge in [0.25, 0.3) is 0 Å². The predicted molar refractivity (Wildman–Crippen MR) is 117 cm³/mol. The van der Waals surface area contributed by atoms with Gasteiger partial charge in [-0.3, -0.25) is 4.79 Å². The van der Waals surface area contributed by atoms with Crippen molar-refractivity contribution in [3.63, 3.8) is 0 Å². The van der Waals surface area contributed by atoms with Gasteiger partial charge in [-0.2, -0.15) is 0 Å². The SMILES string of the molecule is COCCN1C(=O)C2NNC(c3ccccc3O)C2C1c1cc(OC)c(OC)c(OC)c1. The molecule has 0 saturated carbocycles. The average Bonchev–Trinajstić information content (AvgIpc) is 3.35. The van der Waals surface area contributed by atoms with Gasteiger partial charge in [-0.15, -0.1) is 0 Å². The van der Waals surface area contributed by atoms with Gasteiger partial charge in [0.15, 0.2) is 11.5 Å². The van der Waals surface area contributed by atoms with Crippen LogP contribution >= 0.6 is 0 Å². The third-order valence-corrected chi connectivity index (χ3v) is 6.25. The second-order valence-electron chi connectivity index (χ2n) is 7.81. The zero-order valence-electron chi connectivity index (χ0n) is 18.6.